The Labute approximate surface area is 111 Å². The van der Waals surface area contributed by atoms with E-state index in [2.05, 4.69) is 5.32 Å². The Bertz CT molecular complexity index is 482. The zero-order valence-corrected chi connectivity index (χ0v) is 11.1. The number of nitrogens with one attached hydrogen (secondary N) is 1. The average molecular weight is 265 g/mol. The van der Waals surface area contributed by atoms with Crippen molar-refractivity contribution in [3.63, 3.8) is 0 Å². The molecule has 1 unspecified atom stereocenters. The number of hydrogen-bond donors (Lipinski definition) is 1. The van der Waals surface area contributed by atoms with Crippen LogP contribution >= 0.6 is 0 Å². The Balaban J connectivity index is 3.19. The van der Waals surface area contributed by atoms with E-state index in [0.717, 1.165) is 0 Å². The maximum atomic E-state index is 12.9. The molecule has 1 aromatic rings. The van der Waals surface area contributed by atoms with Crippen molar-refractivity contribution in [2.75, 3.05) is 0 Å². The Morgan fingerprint density at radius 2 is 1.47 bits per heavy atom. The fourth-order valence-corrected chi connectivity index (χ4v) is 2.00. The predicted octanol–water partition coefficient (Wildman–Crippen LogP) is 1.80. The van der Waals surface area contributed by atoms with Crippen LogP contribution in [0.5, 0.6) is 0 Å². The summed E-state index contributed by atoms with van der Waals surface area (Å²) in [6.07, 6.45) is 0. The standard InChI is InChI=1S/C14H16FNO3/c1-8(17)13(9(2)18)14(16-10(3)19)11-4-6-12(15)7-5-11/h4-7,13-14H,1-3H3,(H,16,19). The lowest BCUT2D eigenvalue weighted by molar-refractivity contribution is -0.132. The largest absolute Gasteiger partial charge is 0.348 e. The summed E-state index contributed by atoms with van der Waals surface area (Å²) in [7, 11) is 0. The molecule has 1 rings (SSSR count). The molecule has 0 radical (unpaired) electrons. The van der Waals surface area contributed by atoms with Gasteiger partial charge in [-0.2, -0.15) is 0 Å². The summed E-state index contributed by atoms with van der Waals surface area (Å²) < 4.78 is 12.9. The molecule has 0 fully saturated rings. The maximum Gasteiger partial charge on any atom is 0.217 e. The number of Topliss-reactive ketones (excluding diaryl/α,β-unsaturated/α-hetero) is 2. The number of benzene rings is 1. The molecule has 1 atom stereocenters. The number of carbonyl (C=O) groups excluding carboxylic acids is 3. The zero-order chi connectivity index (χ0) is 14.6. The molecular formula is C14H16FNO3. The van der Waals surface area contributed by atoms with E-state index in [1.165, 1.54) is 45.0 Å². The molecule has 0 spiro atoms. The van der Waals surface area contributed by atoms with Crippen molar-refractivity contribution >= 4 is 17.5 Å². The summed E-state index contributed by atoms with van der Waals surface area (Å²) in [5.74, 6) is -2.42. The van der Waals surface area contributed by atoms with Crippen molar-refractivity contribution in [1.29, 1.82) is 0 Å². The van der Waals surface area contributed by atoms with E-state index in [-0.39, 0.29) is 17.5 Å². The summed E-state index contributed by atoms with van der Waals surface area (Å²) in [5.41, 5.74) is 0.520. The number of halogens is 1. The van der Waals surface area contributed by atoms with Crippen LogP contribution in [0.2, 0.25) is 0 Å². The first kappa shape index (κ1) is 15.0. The second-order valence-electron chi connectivity index (χ2n) is 4.43. The van der Waals surface area contributed by atoms with Gasteiger partial charge in [-0.25, -0.2) is 4.39 Å². The van der Waals surface area contributed by atoms with Gasteiger partial charge in [0.15, 0.2) is 0 Å². The summed E-state index contributed by atoms with van der Waals surface area (Å²) in [6, 6.07) is 4.58. The van der Waals surface area contributed by atoms with Crippen LogP contribution in [0.15, 0.2) is 24.3 Å². The van der Waals surface area contributed by atoms with Gasteiger partial charge in [-0.1, -0.05) is 12.1 Å². The zero-order valence-electron chi connectivity index (χ0n) is 11.1. The maximum absolute atomic E-state index is 12.9. The molecule has 0 aliphatic heterocycles. The van der Waals surface area contributed by atoms with Crippen molar-refractivity contribution in [3.05, 3.63) is 35.6 Å². The fraction of sp³-hybridized carbons (Fsp3) is 0.357. The lowest BCUT2D eigenvalue weighted by atomic mass is 9.87. The molecule has 102 valence electrons. The molecule has 0 bridgehead atoms. The molecule has 1 amide bonds. The predicted molar refractivity (Wildman–Crippen MR) is 67.8 cm³/mol. The van der Waals surface area contributed by atoms with Crippen LogP contribution in [-0.4, -0.2) is 17.5 Å². The van der Waals surface area contributed by atoms with Crippen LogP contribution in [-0.2, 0) is 14.4 Å². The van der Waals surface area contributed by atoms with E-state index in [4.69, 9.17) is 0 Å². The van der Waals surface area contributed by atoms with Crippen molar-refractivity contribution in [1.82, 2.24) is 5.32 Å². The van der Waals surface area contributed by atoms with E-state index < -0.39 is 17.8 Å². The second-order valence-corrected chi connectivity index (χ2v) is 4.43. The molecule has 0 aliphatic rings. The van der Waals surface area contributed by atoms with E-state index in [1.54, 1.807) is 0 Å². The molecule has 0 aliphatic carbocycles. The molecule has 1 N–H and O–H groups in total. The highest BCUT2D eigenvalue weighted by Gasteiger charge is 2.31. The third kappa shape index (κ3) is 3.98. The summed E-state index contributed by atoms with van der Waals surface area (Å²) >= 11 is 0. The summed E-state index contributed by atoms with van der Waals surface area (Å²) in [4.78, 5) is 34.4. The van der Waals surface area contributed by atoms with Crippen molar-refractivity contribution < 1.29 is 18.8 Å². The van der Waals surface area contributed by atoms with Crippen LogP contribution < -0.4 is 5.32 Å². The molecule has 5 heteroatoms. The quantitative estimate of drug-likeness (QED) is 0.826. The van der Waals surface area contributed by atoms with Crippen LogP contribution in [0, 0.1) is 11.7 Å². The molecular weight excluding hydrogens is 249 g/mol. The normalized spacial score (nSPS) is 12.1. The minimum atomic E-state index is -0.964. The van der Waals surface area contributed by atoms with E-state index >= 15 is 0 Å². The van der Waals surface area contributed by atoms with Gasteiger partial charge in [0.05, 0.1) is 6.04 Å². The molecule has 0 saturated heterocycles. The summed E-state index contributed by atoms with van der Waals surface area (Å²) in [6.45, 7) is 3.89. The highest BCUT2D eigenvalue weighted by atomic mass is 19.1. The topological polar surface area (TPSA) is 63.2 Å². The SMILES string of the molecule is CC(=O)NC(c1ccc(F)cc1)C(C(C)=O)C(C)=O. The smallest absolute Gasteiger partial charge is 0.217 e. The fourth-order valence-electron chi connectivity index (χ4n) is 2.00. The van der Waals surface area contributed by atoms with Crippen LogP contribution in [0.1, 0.15) is 32.4 Å². The minimum absolute atomic E-state index is 0.337. The van der Waals surface area contributed by atoms with Gasteiger partial charge in [-0.15, -0.1) is 0 Å². The van der Waals surface area contributed by atoms with Gasteiger partial charge in [0, 0.05) is 6.92 Å². The number of hydrogen-bond acceptors (Lipinski definition) is 3. The molecule has 0 heterocycles. The first-order valence-corrected chi connectivity index (χ1v) is 5.86. The Kier molecular flexibility index (Phi) is 4.92. The van der Waals surface area contributed by atoms with Crippen LogP contribution in [0.3, 0.4) is 0 Å². The lowest BCUT2D eigenvalue weighted by Gasteiger charge is -2.24. The minimum Gasteiger partial charge on any atom is -0.348 e. The van der Waals surface area contributed by atoms with Crippen LogP contribution in [0.25, 0.3) is 0 Å². The van der Waals surface area contributed by atoms with Gasteiger partial charge in [0.2, 0.25) is 5.91 Å². The van der Waals surface area contributed by atoms with Crippen LogP contribution in [0.4, 0.5) is 4.39 Å². The van der Waals surface area contributed by atoms with Gasteiger partial charge in [0.25, 0.3) is 0 Å². The number of ketones is 2. The Morgan fingerprint density at radius 3 is 1.84 bits per heavy atom. The monoisotopic (exact) mass is 265 g/mol. The van der Waals surface area contributed by atoms with Gasteiger partial charge >= 0.3 is 0 Å². The molecule has 19 heavy (non-hydrogen) atoms. The van der Waals surface area contributed by atoms with Gasteiger partial charge in [0.1, 0.15) is 23.3 Å². The van der Waals surface area contributed by atoms with Gasteiger partial charge < -0.3 is 5.32 Å². The molecule has 1 aromatic carbocycles. The first-order chi connectivity index (χ1) is 8.82. The highest BCUT2D eigenvalue weighted by Crippen LogP contribution is 2.24. The highest BCUT2D eigenvalue weighted by molar-refractivity contribution is 6.01. The third-order valence-electron chi connectivity index (χ3n) is 2.80. The first-order valence-electron chi connectivity index (χ1n) is 5.86. The summed E-state index contributed by atoms with van der Waals surface area (Å²) in [5, 5.41) is 2.58. The number of rotatable bonds is 5. The van der Waals surface area contributed by atoms with Gasteiger partial charge in [-0.3, -0.25) is 14.4 Å². The van der Waals surface area contributed by atoms with Gasteiger partial charge in [-0.05, 0) is 31.5 Å². The van der Waals surface area contributed by atoms with E-state index in [1.807, 2.05) is 0 Å². The lowest BCUT2D eigenvalue weighted by Crippen LogP contribution is -2.38. The Morgan fingerprint density at radius 1 is 1.00 bits per heavy atom. The molecule has 0 saturated carbocycles. The van der Waals surface area contributed by atoms with Crippen molar-refractivity contribution in [2.45, 2.75) is 26.8 Å². The number of amides is 1. The van der Waals surface area contributed by atoms with E-state index in [9.17, 15) is 18.8 Å². The second kappa shape index (κ2) is 6.22. The average Bonchev–Trinajstić information content (AvgIpc) is 2.27. The van der Waals surface area contributed by atoms with Crippen molar-refractivity contribution in [2.24, 2.45) is 5.92 Å². The number of carbonyl (C=O) groups is 3. The van der Waals surface area contributed by atoms with Crippen molar-refractivity contribution in [3.8, 4) is 0 Å². The third-order valence-corrected chi connectivity index (χ3v) is 2.80. The Hall–Kier alpha value is -2.04. The molecule has 4 nitrogen and oxygen atoms in total. The van der Waals surface area contributed by atoms with E-state index in [0.29, 0.717) is 5.56 Å². The molecule has 0 aromatic heterocycles.